The van der Waals surface area contributed by atoms with Gasteiger partial charge in [0.05, 0.1) is 0 Å². The number of nitrogens with zero attached hydrogens (tertiary/aromatic N) is 3. The van der Waals surface area contributed by atoms with Crippen LogP contribution >= 0.6 is 11.8 Å². The first-order valence-corrected chi connectivity index (χ1v) is 12.5. The number of hydrogen-bond acceptors (Lipinski definition) is 5. The largest absolute Gasteiger partial charge is 0.351 e. The molecule has 2 aromatic carbocycles. The van der Waals surface area contributed by atoms with Crippen LogP contribution in [0.4, 0.5) is 11.4 Å². The molecule has 0 aromatic heterocycles. The molecule has 4 rings (SSSR count). The fourth-order valence-corrected chi connectivity index (χ4v) is 5.31. The summed E-state index contributed by atoms with van der Waals surface area (Å²) in [7, 11) is 1.76. The Balaban J connectivity index is 1.33. The van der Waals surface area contributed by atoms with Crippen molar-refractivity contribution in [2.24, 2.45) is 4.99 Å². The van der Waals surface area contributed by atoms with Crippen LogP contribution in [0.2, 0.25) is 0 Å². The molecule has 1 saturated heterocycles. The van der Waals surface area contributed by atoms with Crippen molar-refractivity contribution in [3.05, 3.63) is 59.2 Å². The predicted molar refractivity (Wildman–Crippen MR) is 138 cm³/mol. The van der Waals surface area contributed by atoms with Crippen molar-refractivity contribution in [2.75, 3.05) is 30.4 Å². The Hall–Kier alpha value is -3.13. The van der Waals surface area contributed by atoms with Crippen LogP contribution in [-0.4, -0.2) is 53.2 Å². The quantitative estimate of drug-likeness (QED) is 0.689. The van der Waals surface area contributed by atoms with E-state index in [1.807, 2.05) is 32.0 Å². The molecule has 2 heterocycles. The molecule has 1 atom stereocenters. The number of hydrogen-bond donors (Lipinski definition) is 1. The number of amidine groups is 1. The first kappa shape index (κ1) is 24.0. The van der Waals surface area contributed by atoms with E-state index in [0.29, 0.717) is 11.3 Å². The molecule has 0 saturated carbocycles. The van der Waals surface area contributed by atoms with Crippen LogP contribution in [0.5, 0.6) is 0 Å². The van der Waals surface area contributed by atoms with Crippen molar-refractivity contribution in [2.45, 2.75) is 44.8 Å². The minimum Gasteiger partial charge on any atom is -0.351 e. The molecule has 1 N–H and O–H groups in total. The Labute approximate surface area is 204 Å². The van der Waals surface area contributed by atoms with Crippen molar-refractivity contribution in [1.29, 1.82) is 0 Å². The Morgan fingerprint density at radius 2 is 1.79 bits per heavy atom. The van der Waals surface area contributed by atoms with Gasteiger partial charge in [0.15, 0.2) is 5.17 Å². The number of likely N-dealkylation sites (tertiary alicyclic amines) is 1. The van der Waals surface area contributed by atoms with Crippen LogP contribution in [0, 0.1) is 13.8 Å². The number of nitrogens with one attached hydrogen (secondary N) is 1. The summed E-state index contributed by atoms with van der Waals surface area (Å²) in [4.78, 5) is 45.8. The lowest BCUT2D eigenvalue weighted by Crippen LogP contribution is -2.33. The van der Waals surface area contributed by atoms with Crippen LogP contribution in [0.25, 0.3) is 0 Å². The summed E-state index contributed by atoms with van der Waals surface area (Å²) >= 11 is 1.39. The molecule has 1 fully saturated rings. The van der Waals surface area contributed by atoms with Crippen molar-refractivity contribution >= 4 is 46.0 Å². The number of aryl methyl sites for hydroxylation is 2. The summed E-state index contributed by atoms with van der Waals surface area (Å²) in [6.45, 7) is 5.81. The maximum atomic E-state index is 13.0. The lowest BCUT2D eigenvalue weighted by Gasteiger charge is -2.27. The van der Waals surface area contributed by atoms with Gasteiger partial charge < -0.3 is 15.1 Å². The van der Waals surface area contributed by atoms with Crippen LogP contribution in [0.1, 0.15) is 47.2 Å². The predicted octanol–water partition coefficient (Wildman–Crippen LogP) is 4.39. The molecule has 2 aromatic rings. The zero-order valence-corrected chi connectivity index (χ0v) is 20.7. The van der Waals surface area contributed by atoms with Crippen molar-refractivity contribution in [1.82, 2.24) is 4.90 Å². The van der Waals surface area contributed by atoms with Gasteiger partial charge in [-0.3, -0.25) is 14.4 Å². The summed E-state index contributed by atoms with van der Waals surface area (Å²) in [6, 6.07) is 12.8. The minimum atomic E-state index is -0.482. The number of piperidine rings is 1. The van der Waals surface area contributed by atoms with E-state index in [1.54, 1.807) is 36.2 Å². The van der Waals surface area contributed by atoms with Crippen molar-refractivity contribution in [3.8, 4) is 0 Å². The molecule has 7 nitrogen and oxygen atoms in total. The second-order valence-corrected chi connectivity index (χ2v) is 10.0. The van der Waals surface area contributed by atoms with E-state index in [0.717, 1.165) is 47.9 Å². The highest BCUT2D eigenvalue weighted by Crippen LogP contribution is 2.29. The molecule has 0 radical (unpaired) electrons. The highest BCUT2D eigenvalue weighted by Gasteiger charge is 2.33. The van der Waals surface area contributed by atoms with Crippen LogP contribution in [0.3, 0.4) is 0 Å². The minimum absolute atomic E-state index is 0.0698. The average Bonchev–Trinajstić information content (AvgIpc) is 3.20. The van der Waals surface area contributed by atoms with Crippen LogP contribution in [-0.2, 0) is 9.59 Å². The van der Waals surface area contributed by atoms with E-state index in [-0.39, 0.29) is 24.1 Å². The van der Waals surface area contributed by atoms with Crippen LogP contribution < -0.4 is 10.2 Å². The van der Waals surface area contributed by atoms with E-state index in [2.05, 4.69) is 15.2 Å². The molecule has 34 heavy (non-hydrogen) atoms. The number of carbonyl (C=O) groups excluding carboxylic acids is 3. The number of carbonyl (C=O) groups is 3. The number of rotatable bonds is 5. The monoisotopic (exact) mass is 478 g/mol. The molecule has 3 amide bonds. The molecule has 0 aliphatic carbocycles. The lowest BCUT2D eigenvalue weighted by molar-refractivity contribution is -0.121. The zero-order chi connectivity index (χ0) is 24.2. The van der Waals surface area contributed by atoms with E-state index in [4.69, 9.17) is 0 Å². The van der Waals surface area contributed by atoms with Gasteiger partial charge in [0.2, 0.25) is 5.91 Å². The van der Waals surface area contributed by atoms with Crippen molar-refractivity contribution in [3.63, 3.8) is 0 Å². The first-order valence-electron chi connectivity index (χ1n) is 11.6. The van der Waals surface area contributed by atoms with Gasteiger partial charge in [-0.15, -0.1) is 0 Å². The van der Waals surface area contributed by atoms with E-state index in [1.165, 1.54) is 18.2 Å². The van der Waals surface area contributed by atoms with E-state index < -0.39 is 5.25 Å². The maximum absolute atomic E-state index is 13.0. The third-order valence-corrected chi connectivity index (χ3v) is 7.39. The normalized spacial score (nSPS) is 18.0. The Morgan fingerprint density at radius 1 is 1.09 bits per heavy atom. The first-order chi connectivity index (χ1) is 16.3. The highest BCUT2D eigenvalue weighted by molar-refractivity contribution is 8.15. The highest BCUT2D eigenvalue weighted by atomic mass is 32.2. The molecule has 0 spiro atoms. The van der Waals surface area contributed by atoms with Gasteiger partial charge in [0.25, 0.3) is 11.8 Å². The summed E-state index contributed by atoms with van der Waals surface area (Å²) in [6.07, 6.45) is 3.50. The van der Waals surface area contributed by atoms with E-state index >= 15 is 0 Å². The summed E-state index contributed by atoms with van der Waals surface area (Å²) < 4.78 is 0. The van der Waals surface area contributed by atoms with Crippen LogP contribution in [0.15, 0.2) is 47.5 Å². The number of anilines is 2. The SMILES string of the molecule is Cc1ccc(C)c(N(C)C(=O)c2ccc(NC(=O)CC3SC(N4CCCCC4)=NC3=O)cc2)c1. The van der Waals surface area contributed by atoms with Gasteiger partial charge in [-0.2, -0.15) is 4.99 Å². The molecule has 8 heteroatoms. The molecule has 178 valence electrons. The van der Waals surface area contributed by atoms with Crippen molar-refractivity contribution < 1.29 is 14.4 Å². The zero-order valence-electron chi connectivity index (χ0n) is 19.8. The lowest BCUT2D eigenvalue weighted by atomic mass is 10.1. The van der Waals surface area contributed by atoms with Gasteiger partial charge in [0.1, 0.15) is 5.25 Å². The molecule has 2 aliphatic heterocycles. The van der Waals surface area contributed by atoms with E-state index in [9.17, 15) is 14.4 Å². The number of thioether (sulfide) groups is 1. The Kier molecular flexibility index (Phi) is 7.36. The smallest absolute Gasteiger partial charge is 0.262 e. The number of aliphatic imine (C=N–C) groups is 1. The number of amides is 3. The molecule has 1 unspecified atom stereocenters. The average molecular weight is 479 g/mol. The molecule has 2 aliphatic rings. The Morgan fingerprint density at radius 3 is 2.50 bits per heavy atom. The van der Waals surface area contributed by atoms with Gasteiger partial charge in [0, 0.05) is 43.5 Å². The fraction of sp³-hybridized carbons (Fsp3) is 0.385. The second-order valence-electron chi connectivity index (χ2n) is 8.87. The second kappa shape index (κ2) is 10.4. The van der Waals surface area contributed by atoms with Gasteiger partial charge in [-0.25, -0.2) is 0 Å². The summed E-state index contributed by atoms with van der Waals surface area (Å²) in [5, 5.41) is 3.10. The standard InChI is InChI=1S/C26H30N4O3S/c1-17-7-8-18(2)21(15-17)29(3)25(33)19-9-11-20(12-10-19)27-23(31)16-22-24(32)28-26(34-22)30-13-5-4-6-14-30/h7-12,15,22H,4-6,13-14,16H2,1-3H3,(H,27,31). The fourth-order valence-electron chi connectivity index (χ4n) is 4.19. The summed E-state index contributed by atoms with van der Waals surface area (Å²) in [5.74, 6) is -0.606. The third kappa shape index (κ3) is 5.50. The topological polar surface area (TPSA) is 82.1 Å². The Bertz CT molecular complexity index is 1120. The maximum Gasteiger partial charge on any atom is 0.262 e. The summed E-state index contributed by atoms with van der Waals surface area (Å²) in [5.41, 5.74) is 4.10. The third-order valence-electron chi connectivity index (χ3n) is 6.17. The van der Waals surface area contributed by atoms with Gasteiger partial charge >= 0.3 is 0 Å². The molecular weight excluding hydrogens is 448 g/mol. The molecular formula is C26H30N4O3S. The molecule has 0 bridgehead atoms. The van der Waals surface area contributed by atoms with Gasteiger partial charge in [-0.1, -0.05) is 23.9 Å². The van der Waals surface area contributed by atoms with Gasteiger partial charge in [-0.05, 0) is 74.6 Å². The number of benzene rings is 2.